The lowest BCUT2D eigenvalue weighted by Gasteiger charge is -2.31. The molecule has 174 valence electrons. The zero-order valence-electron chi connectivity index (χ0n) is 20.7. The van der Waals surface area contributed by atoms with Gasteiger partial charge >= 0.3 is 0 Å². The van der Waals surface area contributed by atoms with Crippen molar-refractivity contribution in [2.24, 2.45) is 11.7 Å². The van der Waals surface area contributed by atoms with E-state index in [1.165, 1.54) is 60.8 Å². The lowest BCUT2D eigenvalue weighted by atomic mass is 9.90. The zero-order chi connectivity index (χ0) is 23.3. The fraction of sp³-hybridized carbons (Fsp3) is 0.467. The Morgan fingerprint density at radius 2 is 1.91 bits per heavy atom. The molecule has 2 atom stereocenters. The highest BCUT2D eigenvalue weighted by molar-refractivity contribution is 5.68. The summed E-state index contributed by atoms with van der Waals surface area (Å²) in [6, 6.07) is 18.7. The van der Waals surface area contributed by atoms with Crippen LogP contribution >= 0.6 is 0 Å². The Bertz CT molecular complexity index is 838. The maximum absolute atomic E-state index is 4.50. The minimum absolute atomic E-state index is 0.590. The van der Waals surface area contributed by atoms with E-state index in [0.29, 0.717) is 6.04 Å². The van der Waals surface area contributed by atoms with Crippen molar-refractivity contribution in [2.75, 3.05) is 13.6 Å². The summed E-state index contributed by atoms with van der Waals surface area (Å²) in [4.78, 5) is 2.62. The molecule has 2 nitrogen and oxygen atoms in total. The number of unbranched alkanes of at least 4 members (excludes halogenated alkanes) is 1. The molecule has 0 bridgehead atoms. The Morgan fingerprint density at radius 1 is 1.12 bits per heavy atom. The Morgan fingerprint density at radius 3 is 2.62 bits per heavy atom. The number of rotatable bonds is 11. The first-order valence-corrected chi connectivity index (χ1v) is 12.5. The number of nitrogens with two attached hydrogens (primary N) is 1. The summed E-state index contributed by atoms with van der Waals surface area (Å²) in [7, 11) is 1.50. The Hall–Kier alpha value is -2.32. The van der Waals surface area contributed by atoms with Crippen molar-refractivity contribution in [3.8, 4) is 11.1 Å². The van der Waals surface area contributed by atoms with Crippen molar-refractivity contribution in [1.29, 1.82) is 0 Å². The highest BCUT2D eigenvalue weighted by Crippen LogP contribution is 2.34. The maximum Gasteiger partial charge on any atom is 0.0355 e. The van der Waals surface area contributed by atoms with Crippen LogP contribution in [0, 0.1) is 5.92 Å². The lowest BCUT2D eigenvalue weighted by Crippen LogP contribution is -2.33. The summed E-state index contributed by atoms with van der Waals surface area (Å²) in [6.45, 7) is 14.1. The van der Waals surface area contributed by atoms with Gasteiger partial charge in [0.05, 0.1) is 0 Å². The molecule has 0 aromatic heterocycles. The van der Waals surface area contributed by atoms with E-state index in [1.54, 1.807) is 0 Å². The molecule has 1 fully saturated rings. The molecule has 0 aliphatic carbocycles. The molecule has 1 aliphatic rings. The maximum atomic E-state index is 4.50. The topological polar surface area (TPSA) is 29.3 Å². The van der Waals surface area contributed by atoms with Gasteiger partial charge in [-0.2, -0.15) is 0 Å². The number of hydrogen-bond donors (Lipinski definition) is 1. The highest BCUT2D eigenvalue weighted by atomic mass is 15.2. The number of allylic oxidation sites excluding steroid dienone is 2. The molecule has 0 radical (unpaired) electrons. The van der Waals surface area contributed by atoms with Crippen LogP contribution in [0.25, 0.3) is 11.1 Å². The first kappa shape index (κ1) is 25.9. The van der Waals surface area contributed by atoms with Crippen LogP contribution in [0.4, 0.5) is 0 Å². The van der Waals surface area contributed by atoms with Gasteiger partial charge in [0.15, 0.2) is 0 Å². The molecule has 0 spiro atoms. The fourth-order valence-electron chi connectivity index (χ4n) is 5.06. The molecule has 2 unspecified atom stereocenters. The van der Waals surface area contributed by atoms with Gasteiger partial charge in [-0.25, -0.2) is 0 Å². The van der Waals surface area contributed by atoms with Crippen LogP contribution < -0.4 is 5.73 Å². The van der Waals surface area contributed by atoms with Gasteiger partial charge in [-0.15, -0.1) is 6.58 Å². The van der Waals surface area contributed by atoms with Crippen LogP contribution in [-0.2, 0) is 12.8 Å². The van der Waals surface area contributed by atoms with Crippen LogP contribution in [0.2, 0.25) is 0 Å². The quantitative estimate of drug-likeness (QED) is 0.296. The monoisotopic (exact) mass is 432 g/mol. The third kappa shape index (κ3) is 6.84. The lowest BCUT2D eigenvalue weighted by molar-refractivity contribution is 0.267. The average molecular weight is 433 g/mol. The molecule has 2 heteroatoms. The van der Waals surface area contributed by atoms with Crippen molar-refractivity contribution in [1.82, 2.24) is 4.90 Å². The molecular formula is C30H44N2. The molecule has 1 heterocycles. The van der Waals surface area contributed by atoms with Gasteiger partial charge in [0.1, 0.15) is 0 Å². The van der Waals surface area contributed by atoms with Gasteiger partial charge in [-0.05, 0) is 73.7 Å². The van der Waals surface area contributed by atoms with Gasteiger partial charge < -0.3 is 10.6 Å². The zero-order valence-corrected chi connectivity index (χ0v) is 20.7. The number of likely N-dealkylation sites (tertiary alicyclic amines) is 1. The Labute approximate surface area is 197 Å². The summed E-state index contributed by atoms with van der Waals surface area (Å²) in [5, 5.41) is 0. The van der Waals surface area contributed by atoms with Gasteiger partial charge in [-0.1, -0.05) is 87.9 Å². The molecular weight excluding hydrogens is 388 g/mol. The van der Waals surface area contributed by atoms with Crippen LogP contribution in [0.15, 0.2) is 73.5 Å². The van der Waals surface area contributed by atoms with Crippen molar-refractivity contribution < 1.29 is 0 Å². The number of benzene rings is 2. The van der Waals surface area contributed by atoms with Gasteiger partial charge in [0, 0.05) is 18.3 Å². The minimum atomic E-state index is 0.590. The summed E-state index contributed by atoms with van der Waals surface area (Å²) >= 11 is 0. The van der Waals surface area contributed by atoms with E-state index in [9.17, 15) is 0 Å². The molecule has 32 heavy (non-hydrogen) atoms. The van der Waals surface area contributed by atoms with Gasteiger partial charge in [0.25, 0.3) is 0 Å². The smallest absolute Gasteiger partial charge is 0.0355 e. The Balaban J connectivity index is 0.00000176. The van der Waals surface area contributed by atoms with E-state index >= 15 is 0 Å². The first-order chi connectivity index (χ1) is 15.7. The number of aryl methyl sites for hydroxylation is 1. The van der Waals surface area contributed by atoms with E-state index < -0.39 is 0 Å². The number of hydrogen-bond acceptors (Lipinski definition) is 2. The molecule has 2 aromatic rings. The minimum Gasteiger partial charge on any atom is -0.372 e. The van der Waals surface area contributed by atoms with Crippen molar-refractivity contribution in [3.63, 3.8) is 0 Å². The molecule has 3 rings (SSSR count). The third-order valence-corrected chi connectivity index (χ3v) is 6.71. The standard InChI is InChI=1S/C29H39N.CH5N/c1-5-8-9-15-26-16-10-11-18-28(26)27-17-12-14-24(21-27)22-29-25(7-3)19-20-30(29)23(4)13-6-2;1-2/h5,10-12,14,16-18,21,25,29H,1,4,6-9,13,15,19-20,22H2,2-3H3;2H2,1H3. The van der Waals surface area contributed by atoms with Gasteiger partial charge in [0.2, 0.25) is 0 Å². The SMILES string of the molecule is C=CCCCc1ccccc1-c1cccc(CC2C(CC)CCN2C(=C)CCC)c1.CN. The molecule has 1 saturated heterocycles. The number of nitrogens with zero attached hydrogens (tertiary/aromatic N) is 1. The van der Waals surface area contributed by atoms with E-state index in [4.69, 9.17) is 0 Å². The molecule has 2 aromatic carbocycles. The normalized spacial score (nSPS) is 17.6. The molecule has 2 N–H and O–H groups in total. The van der Waals surface area contributed by atoms with Crippen molar-refractivity contribution in [2.45, 2.75) is 71.3 Å². The van der Waals surface area contributed by atoms with E-state index in [-0.39, 0.29) is 0 Å². The van der Waals surface area contributed by atoms with Crippen LogP contribution in [0.1, 0.15) is 63.5 Å². The summed E-state index contributed by atoms with van der Waals surface area (Å²) in [5.74, 6) is 0.772. The molecule has 0 amide bonds. The van der Waals surface area contributed by atoms with E-state index in [0.717, 1.165) is 38.0 Å². The summed E-state index contributed by atoms with van der Waals surface area (Å²) in [5.41, 5.74) is 11.5. The van der Waals surface area contributed by atoms with Crippen LogP contribution in [0.5, 0.6) is 0 Å². The second-order valence-electron chi connectivity index (χ2n) is 8.78. The van der Waals surface area contributed by atoms with Crippen molar-refractivity contribution >= 4 is 0 Å². The molecule has 0 saturated carbocycles. The van der Waals surface area contributed by atoms with Crippen LogP contribution in [0.3, 0.4) is 0 Å². The predicted molar refractivity (Wildman–Crippen MR) is 142 cm³/mol. The highest BCUT2D eigenvalue weighted by Gasteiger charge is 2.33. The van der Waals surface area contributed by atoms with Crippen molar-refractivity contribution in [3.05, 3.63) is 84.6 Å². The van der Waals surface area contributed by atoms with Gasteiger partial charge in [-0.3, -0.25) is 0 Å². The Kier molecular flexibility index (Phi) is 11.3. The first-order valence-electron chi connectivity index (χ1n) is 12.5. The third-order valence-electron chi connectivity index (χ3n) is 6.71. The van der Waals surface area contributed by atoms with Crippen LogP contribution in [-0.4, -0.2) is 24.5 Å². The molecule has 1 aliphatic heterocycles. The second-order valence-corrected chi connectivity index (χ2v) is 8.78. The fourth-order valence-corrected chi connectivity index (χ4v) is 5.06. The largest absolute Gasteiger partial charge is 0.372 e. The summed E-state index contributed by atoms with van der Waals surface area (Å²) < 4.78 is 0. The summed E-state index contributed by atoms with van der Waals surface area (Å²) in [6.07, 6.45) is 11.3. The predicted octanol–water partition coefficient (Wildman–Crippen LogP) is 7.39. The second kappa shape index (κ2) is 14.0. The average Bonchev–Trinajstić information content (AvgIpc) is 3.24. The van der Waals surface area contributed by atoms with E-state index in [1.807, 2.05) is 6.08 Å². The van der Waals surface area contributed by atoms with E-state index in [2.05, 4.69) is 86.2 Å².